The van der Waals surface area contributed by atoms with Gasteiger partial charge in [0.05, 0.1) is 6.04 Å². The van der Waals surface area contributed by atoms with Crippen molar-refractivity contribution in [1.82, 2.24) is 10.6 Å². The molecule has 1 aromatic carbocycles. The third-order valence-electron chi connectivity index (χ3n) is 4.62. The minimum Gasteiger partial charge on any atom is -0.349 e. The Bertz CT molecular complexity index is 495. The number of carbonyl (C=O) groups excluding carboxylic acids is 1. The summed E-state index contributed by atoms with van der Waals surface area (Å²) < 4.78 is 13.8. The van der Waals surface area contributed by atoms with Crippen molar-refractivity contribution in [2.75, 3.05) is 13.1 Å². The molecule has 116 valence electrons. The van der Waals surface area contributed by atoms with E-state index in [0.29, 0.717) is 11.5 Å². The first-order chi connectivity index (χ1) is 9.93. The molecular formula is C17H25FN2O. The predicted octanol–water partition coefficient (Wildman–Crippen LogP) is 3.03. The van der Waals surface area contributed by atoms with E-state index in [2.05, 4.69) is 10.6 Å². The summed E-state index contributed by atoms with van der Waals surface area (Å²) in [6.07, 6.45) is 2.16. The lowest BCUT2D eigenvalue weighted by molar-refractivity contribution is -0.133. The molecule has 1 aliphatic heterocycles. The summed E-state index contributed by atoms with van der Waals surface area (Å²) in [7, 11) is 0. The molecule has 2 atom stereocenters. The lowest BCUT2D eigenvalue weighted by Gasteiger charge is -2.36. The Hall–Kier alpha value is -1.42. The van der Waals surface area contributed by atoms with Crippen LogP contribution in [-0.2, 0) is 4.79 Å². The van der Waals surface area contributed by atoms with Crippen LogP contribution in [0.25, 0.3) is 0 Å². The van der Waals surface area contributed by atoms with Crippen molar-refractivity contribution in [2.24, 2.45) is 11.3 Å². The molecule has 0 bridgehead atoms. The first-order valence-corrected chi connectivity index (χ1v) is 7.69. The van der Waals surface area contributed by atoms with Gasteiger partial charge in [0.15, 0.2) is 0 Å². The van der Waals surface area contributed by atoms with E-state index < -0.39 is 5.41 Å². The highest BCUT2D eigenvalue weighted by molar-refractivity contribution is 5.82. The second kappa shape index (κ2) is 6.56. The molecule has 1 aliphatic rings. The lowest BCUT2D eigenvalue weighted by Crippen LogP contribution is -2.47. The molecule has 0 aromatic heterocycles. The van der Waals surface area contributed by atoms with Gasteiger partial charge in [-0.2, -0.15) is 0 Å². The minimum atomic E-state index is -0.451. The normalized spacial score (nSPS) is 20.9. The Balaban J connectivity index is 2.04. The van der Waals surface area contributed by atoms with Gasteiger partial charge in [-0.15, -0.1) is 0 Å². The smallest absolute Gasteiger partial charge is 0.226 e. The van der Waals surface area contributed by atoms with E-state index in [0.717, 1.165) is 25.9 Å². The molecule has 4 heteroatoms. The molecule has 0 spiro atoms. The van der Waals surface area contributed by atoms with Crippen molar-refractivity contribution >= 4 is 5.91 Å². The van der Waals surface area contributed by atoms with E-state index in [1.54, 1.807) is 18.2 Å². The number of carbonyl (C=O) groups is 1. The number of nitrogens with one attached hydrogen (secondary N) is 2. The van der Waals surface area contributed by atoms with Crippen molar-refractivity contribution in [3.8, 4) is 0 Å². The van der Waals surface area contributed by atoms with E-state index in [1.165, 1.54) is 6.07 Å². The molecule has 2 N–H and O–H groups in total. The van der Waals surface area contributed by atoms with E-state index in [4.69, 9.17) is 0 Å². The zero-order valence-corrected chi connectivity index (χ0v) is 13.1. The Morgan fingerprint density at radius 3 is 2.76 bits per heavy atom. The van der Waals surface area contributed by atoms with Gasteiger partial charge in [-0.05, 0) is 44.8 Å². The molecule has 1 heterocycles. The standard InChI is InChI=1S/C17H25FN2O/c1-12(14-8-4-5-9-15(14)18)20-16(21)17(2,3)13-7-6-10-19-11-13/h4-5,8-9,12-13,19H,6-7,10-11H2,1-3H3,(H,20,21). The number of rotatable bonds is 4. The van der Waals surface area contributed by atoms with Crippen molar-refractivity contribution in [2.45, 2.75) is 39.7 Å². The highest BCUT2D eigenvalue weighted by atomic mass is 19.1. The maximum atomic E-state index is 13.8. The van der Waals surface area contributed by atoms with Gasteiger partial charge in [-0.1, -0.05) is 32.0 Å². The van der Waals surface area contributed by atoms with E-state index in [-0.39, 0.29) is 17.8 Å². The molecule has 21 heavy (non-hydrogen) atoms. The SMILES string of the molecule is CC(NC(=O)C(C)(C)C1CCCNC1)c1ccccc1F. The van der Waals surface area contributed by atoms with Crippen LogP contribution < -0.4 is 10.6 Å². The first kappa shape index (κ1) is 16.0. The topological polar surface area (TPSA) is 41.1 Å². The average molecular weight is 292 g/mol. The average Bonchev–Trinajstić information content (AvgIpc) is 2.48. The van der Waals surface area contributed by atoms with Crippen LogP contribution in [0.2, 0.25) is 0 Å². The van der Waals surface area contributed by atoms with Crippen LogP contribution in [-0.4, -0.2) is 19.0 Å². The van der Waals surface area contributed by atoms with Crippen LogP contribution in [0.1, 0.15) is 45.2 Å². The largest absolute Gasteiger partial charge is 0.349 e. The molecule has 1 aromatic rings. The predicted molar refractivity (Wildman–Crippen MR) is 82.3 cm³/mol. The number of benzene rings is 1. The summed E-state index contributed by atoms with van der Waals surface area (Å²) in [5, 5.41) is 6.32. The summed E-state index contributed by atoms with van der Waals surface area (Å²) in [5.41, 5.74) is 0.0795. The maximum absolute atomic E-state index is 13.8. The summed E-state index contributed by atoms with van der Waals surface area (Å²) >= 11 is 0. The van der Waals surface area contributed by atoms with Gasteiger partial charge in [-0.3, -0.25) is 4.79 Å². The van der Waals surface area contributed by atoms with Gasteiger partial charge >= 0.3 is 0 Å². The zero-order valence-electron chi connectivity index (χ0n) is 13.1. The van der Waals surface area contributed by atoms with Crippen LogP contribution in [0.4, 0.5) is 4.39 Å². The van der Waals surface area contributed by atoms with Gasteiger partial charge < -0.3 is 10.6 Å². The van der Waals surface area contributed by atoms with E-state index >= 15 is 0 Å². The van der Waals surface area contributed by atoms with Gasteiger partial charge in [0.25, 0.3) is 0 Å². The summed E-state index contributed by atoms with van der Waals surface area (Å²) in [4.78, 5) is 12.6. The third-order valence-corrected chi connectivity index (χ3v) is 4.62. The second-order valence-electron chi connectivity index (χ2n) is 6.48. The highest BCUT2D eigenvalue weighted by Crippen LogP contribution is 2.32. The molecule has 2 unspecified atom stereocenters. The Kier molecular flexibility index (Phi) is 4.99. The molecule has 3 nitrogen and oxygen atoms in total. The third kappa shape index (κ3) is 3.62. The van der Waals surface area contributed by atoms with Crippen LogP contribution in [0.5, 0.6) is 0 Å². The van der Waals surface area contributed by atoms with Gasteiger partial charge in [0, 0.05) is 11.0 Å². The molecule has 1 saturated heterocycles. The van der Waals surface area contributed by atoms with Crippen molar-refractivity contribution in [3.05, 3.63) is 35.6 Å². The van der Waals surface area contributed by atoms with E-state index in [1.807, 2.05) is 20.8 Å². The van der Waals surface area contributed by atoms with E-state index in [9.17, 15) is 9.18 Å². The van der Waals surface area contributed by atoms with Crippen LogP contribution in [0.3, 0.4) is 0 Å². The van der Waals surface area contributed by atoms with Crippen LogP contribution >= 0.6 is 0 Å². The lowest BCUT2D eigenvalue weighted by atomic mass is 9.74. The monoisotopic (exact) mass is 292 g/mol. The number of amides is 1. The molecule has 1 amide bonds. The fourth-order valence-electron chi connectivity index (χ4n) is 2.94. The number of hydrogen-bond donors (Lipinski definition) is 2. The Morgan fingerprint density at radius 1 is 1.43 bits per heavy atom. The second-order valence-corrected chi connectivity index (χ2v) is 6.48. The Labute approximate surface area is 126 Å². The molecule has 0 aliphatic carbocycles. The number of hydrogen-bond acceptors (Lipinski definition) is 2. The maximum Gasteiger partial charge on any atom is 0.226 e. The van der Waals surface area contributed by atoms with Crippen LogP contribution in [0.15, 0.2) is 24.3 Å². The van der Waals surface area contributed by atoms with Gasteiger partial charge in [0.2, 0.25) is 5.91 Å². The quantitative estimate of drug-likeness (QED) is 0.895. The number of halogens is 1. The Morgan fingerprint density at radius 2 is 2.14 bits per heavy atom. The molecule has 0 saturated carbocycles. The molecule has 1 fully saturated rings. The summed E-state index contributed by atoms with van der Waals surface area (Å²) in [6.45, 7) is 7.68. The zero-order chi connectivity index (χ0) is 15.5. The van der Waals surface area contributed by atoms with Crippen molar-refractivity contribution in [1.29, 1.82) is 0 Å². The summed E-state index contributed by atoms with van der Waals surface area (Å²) in [5.74, 6) is 0.0356. The first-order valence-electron chi connectivity index (χ1n) is 7.69. The van der Waals surface area contributed by atoms with Crippen LogP contribution in [0, 0.1) is 17.2 Å². The van der Waals surface area contributed by atoms with Crippen molar-refractivity contribution < 1.29 is 9.18 Å². The fourth-order valence-corrected chi connectivity index (χ4v) is 2.94. The van der Waals surface area contributed by atoms with Crippen molar-refractivity contribution in [3.63, 3.8) is 0 Å². The molecular weight excluding hydrogens is 267 g/mol. The van der Waals surface area contributed by atoms with Gasteiger partial charge in [0.1, 0.15) is 5.82 Å². The molecule has 2 rings (SSSR count). The van der Waals surface area contributed by atoms with Gasteiger partial charge in [-0.25, -0.2) is 4.39 Å². The molecule has 0 radical (unpaired) electrons. The minimum absolute atomic E-state index is 0.00745. The number of piperidine rings is 1. The summed E-state index contributed by atoms with van der Waals surface area (Å²) in [6, 6.07) is 6.26. The fraction of sp³-hybridized carbons (Fsp3) is 0.588. The highest BCUT2D eigenvalue weighted by Gasteiger charge is 2.37.